The number of ether oxygens (including phenoxy) is 1. The summed E-state index contributed by atoms with van der Waals surface area (Å²) < 4.78 is 13.8. The van der Waals surface area contributed by atoms with E-state index in [4.69, 9.17) is 20.8 Å². The SMILES string of the molecule is CCOC(=O)C1=C(C)N=c2s/c(=C/c3cc(Br)c(Sc4nc(C)cc(=O)[nH]4)o3)c(=O)n2[C@H]1c1ccc(Cl)cc1. The maximum Gasteiger partial charge on any atom is 0.338 e. The van der Waals surface area contributed by atoms with E-state index in [1.165, 1.54) is 22.0 Å². The minimum Gasteiger partial charge on any atom is -0.463 e. The fraction of sp³-hybridized carbons (Fsp3) is 0.192. The molecule has 0 radical (unpaired) electrons. The summed E-state index contributed by atoms with van der Waals surface area (Å²) in [6, 6.07) is 9.36. The van der Waals surface area contributed by atoms with Gasteiger partial charge in [-0.05, 0) is 72.2 Å². The molecule has 200 valence electrons. The molecule has 39 heavy (non-hydrogen) atoms. The van der Waals surface area contributed by atoms with E-state index in [9.17, 15) is 14.4 Å². The van der Waals surface area contributed by atoms with Crippen LogP contribution in [0.1, 0.15) is 36.9 Å². The van der Waals surface area contributed by atoms with Gasteiger partial charge >= 0.3 is 5.97 Å². The van der Waals surface area contributed by atoms with Gasteiger partial charge in [0.2, 0.25) is 0 Å². The lowest BCUT2D eigenvalue weighted by Crippen LogP contribution is -2.39. The maximum atomic E-state index is 13.7. The van der Waals surface area contributed by atoms with Crippen LogP contribution in [-0.4, -0.2) is 27.1 Å². The summed E-state index contributed by atoms with van der Waals surface area (Å²) in [4.78, 5) is 50.5. The molecule has 1 atom stereocenters. The summed E-state index contributed by atoms with van der Waals surface area (Å²) in [5.74, 6) is -0.124. The predicted octanol–water partition coefficient (Wildman–Crippen LogP) is 4.35. The maximum absolute atomic E-state index is 13.7. The summed E-state index contributed by atoms with van der Waals surface area (Å²) in [6.07, 6.45) is 1.62. The summed E-state index contributed by atoms with van der Waals surface area (Å²) in [6.45, 7) is 5.37. The molecule has 0 amide bonds. The zero-order valence-electron chi connectivity index (χ0n) is 20.8. The average Bonchev–Trinajstić information content (AvgIpc) is 3.36. The fourth-order valence-electron chi connectivity index (χ4n) is 4.08. The van der Waals surface area contributed by atoms with E-state index in [1.807, 2.05) is 0 Å². The number of benzene rings is 1. The molecule has 0 saturated heterocycles. The topological polar surface area (TPSA) is 120 Å². The number of carbonyl (C=O) groups excluding carboxylic acids is 1. The molecule has 0 saturated carbocycles. The van der Waals surface area contributed by atoms with Gasteiger partial charge < -0.3 is 14.1 Å². The van der Waals surface area contributed by atoms with Crippen molar-refractivity contribution in [3.63, 3.8) is 0 Å². The number of rotatable bonds is 6. The number of nitrogens with one attached hydrogen (secondary N) is 1. The summed E-state index contributed by atoms with van der Waals surface area (Å²) in [7, 11) is 0. The van der Waals surface area contributed by atoms with Crippen LogP contribution in [0.4, 0.5) is 0 Å². The Morgan fingerprint density at radius 1 is 1.28 bits per heavy atom. The zero-order chi connectivity index (χ0) is 27.8. The zero-order valence-corrected chi connectivity index (χ0v) is 24.8. The van der Waals surface area contributed by atoms with Crippen LogP contribution in [0.15, 0.2) is 81.4 Å². The largest absolute Gasteiger partial charge is 0.463 e. The van der Waals surface area contributed by atoms with E-state index in [-0.39, 0.29) is 23.3 Å². The highest BCUT2D eigenvalue weighted by atomic mass is 79.9. The van der Waals surface area contributed by atoms with Gasteiger partial charge in [0.25, 0.3) is 11.1 Å². The lowest BCUT2D eigenvalue weighted by Gasteiger charge is -2.24. The molecule has 13 heteroatoms. The highest BCUT2D eigenvalue weighted by Gasteiger charge is 2.33. The number of H-pyrrole nitrogens is 1. The second-order valence-corrected chi connectivity index (χ2v) is 11.7. The van der Waals surface area contributed by atoms with Crippen molar-refractivity contribution in [2.75, 3.05) is 6.61 Å². The quantitative estimate of drug-likeness (QED) is 0.244. The summed E-state index contributed by atoms with van der Waals surface area (Å²) >= 11 is 11.9. The Labute approximate surface area is 243 Å². The molecule has 1 N–H and O–H groups in total. The number of esters is 1. The first-order valence-electron chi connectivity index (χ1n) is 11.6. The number of thiazole rings is 1. The van der Waals surface area contributed by atoms with Crippen LogP contribution in [-0.2, 0) is 9.53 Å². The molecule has 5 rings (SSSR count). The van der Waals surface area contributed by atoms with E-state index >= 15 is 0 Å². The highest BCUT2D eigenvalue weighted by molar-refractivity contribution is 9.10. The van der Waals surface area contributed by atoms with Gasteiger partial charge in [0.15, 0.2) is 15.1 Å². The molecule has 0 spiro atoms. The minimum absolute atomic E-state index is 0.188. The lowest BCUT2D eigenvalue weighted by atomic mass is 9.96. The van der Waals surface area contributed by atoms with Gasteiger partial charge in [0.1, 0.15) is 5.76 Å². The van der Waals surface area contributed by atoms with Crippen molar-refractivity contribution in [1.82, 2.24) is 14.5 Å². The van der Waals surface area contributed by atoms with Crippen LogP contribution in [0.25, 0.3) is 6.08 Å². The van der Waals surface area contributed by atoms with Crippen molar-refractivity contribution in [3.05, 3.63) is 104 Å². The molecule has 0 bridgehead atoms. The minimum atomic E-state index is -0.738. The van der Waals surface area contributed by atoms with E-state index in [0.717, 1.165) is 11.8 Å². The Kier molecular flexibility index (Phi) is 7.81. The Morgan fingerprint density at radius 3 is 2.72 bits per heavy atom. The molecule has 4 aromatic rings. The number of hydrogen-bond donors (Lipinski definition) is 1. The third-order valence-electron chi connectivity index (χ3n) is 5.69. The van der Waals surface area contributed by atoms with Crippen LogP contribution in [0, 0.1) is 6.92 Å². The Bertz CT molecular complexity index is 1870. The number of allylic oxidation sites excluding steroid dienone is 1. The van der Waals surface area contributed by atoms with E-state index in [0.29, 0.717) is 51.8 Å². The molecule has 3 aromatic heterocycles. The van der Waals surface area contributed by atoms with Crippen LogP contribution < -0.4 is 20.5 Å². The number of aromatic nitrogens is 3. The van der Waals surface area contributed by atoms with Crippen LogP contribution in [0.2, 0.25) is 5.02 Å². The van der Waals surface area contributed by atoms with Gasteiger partial charge in [-0.25, -0.2) is 14.8 Å². The standard InChI is InChI=1S/C26H20BrClN4O5S2/c1-4-36-23(35)20-13(3)30-26-32(21(20)14-5-7-15(28)8-6-14)22(34)18(38-26)11-16-10-17(27)24(37-16)39-25-29-12(2)9-19(33)31-25/h5-11,21H,4H2,1-3H3,(H,29,31,33)/b18-11+/t21-/m0/s1. The Morgan fingerprint density at radius 2 is 2.03 bits per heavy atom. The summed E-state index contributed by atoms with van der Waals surface area (Å²) in [5.41, 5.74) is 1.44. The van der Waals surface area contributed by atoms with Crippen molar-refractivity contribution < 1.29 is 13.9 Å². The molecular formula is C26H20BrClN4O5S2. The van der Waals surface area contributed by atoms with E-state index in [1.54, 1.807) is 57.2 Å². The van der Waals surface area contributed by atoms with Crippen molar-refractivity contribution in [2.45, 2.75) is 37.1 Å². The second-order valence-electron chi connectivity index (χ2n) is 8.43. The first-order chi connectivity index (χ1) is 18.6. The molecular weight excluding hydrogens is 628 g/mol. The van der Waals surface area contributed by atoms with Gasteiger partial charge in [0.05, 0.1) is 32.9 Å². The van der Waals surface area contributed by atoms with Crippen molar-refractivity contribution in [1.29, 1.82) is 0 Å². The number of carbonyl (C=O) groups is 1. The smallest absolute Gasteiger partial charge is 0.338 e. The molecule has 0 aliphatic carbocycles. The molecule has 1 aliphatic rings. The molecule has 0 fully saturated rings. The van der Waals surface area contributed by atoms with Crippen LogP contribution in [0.5, 0.6) is 0 Å². The molecule has 0 unspecified atom stereocenters. The molecule has 1 aliphatic heterocycles. The van der Waals surface area contributed by atoms with Gasteiger partial charge in [-0.1, -0.05) is 35.1 Å². The van der Waals surface area contributed by atoms with Crippen molar-refractivity contribution in [2.24, 2.45) is 4.99 Å². The third kappa shape index (κ3) is 5.60. The number of aryl methyl sites for hydroxylation is 1. The summed E-state index contributed by atoms with van der Waals surface area (Å²) in [5, 5.41) is 1.37. The average molecular weight is 648 g/mol. The Hall–Kier alpha value is -3.19. The number of aromatic amines is 1. The fourth-order valence-corrected chi connectivity index (χ4v) is 6.59. The monoisotopic (exact) mass is 646 g/mol. The van der Waals surface area contributed by atoms with Gasteiger partial charge in [0, 0.05) is 22.9 Å². The first kappa shape index (κ1) is 27.4. The number of nitrogens with zero attached hydrogens (tertiary/aromatic N) is 3. The third-order valence-corrected chi connectivity index (χ3v) is 8.65. The van der Waals surface area contributed by atoms with Crippen molar-refractivity contribution >= 4 is 62.7 Å². The normalized spacial score (nSPS) is 15.3. The van der Waals surface area contributed by atoms with Crippen molar-refractivity contribution in [3.8, 4) is 0 Å². The molecule has 9 nitrogen and oxygen atoms in total. The van der Waals surface area contributed by atoms with Crippen LogP contribution >= 0.6 is 50.6 Å². The number of fused-ring (bicyclic) bond motifs is 1. The van der Waals surface area contributed by atoms with E-state index in [2.05, 4.69) is 30.9 Å². The second kappa shape index (κ2) is 11.1. The lowest BCUT2D eigenvalue weighted by molar-refractivity contribution is -0.139. The Balaban J connectivity index is 1.60. The van der Waals surface area contributed by atoms with Crippen LogP contribution in [0.3, 0.4) is 0 Å². The molecule has 4 heterocycles. The van der Waals surface area contributed by atoms with Gasteiger partial charge in [-0.15, -0.1) is 0 Å². The number of furan rings is 1. The first-order valence-corrected chi connectivity index (χ1v) is 14.4. The number of hydrogen-bond acceptors (Lipinski definition) is 9. The highest BCUT2D eigenvalue weighted by Crippen LogP contribution is 2.35. The molecule has 1 aromatic carbocycles. The van der Waals surface area contributed by atoms with E-state index < -0.39 is 12.0 Å². The number of halogens is 2. The van der Waals surface area contributed by atoms with Gasteiger partial charge in [-0.2, -0.15) is 0 Å². The van der Waals surface area contributed by atoms with Gasteiger partial charge in [-0.3, -0.25) is 14.2 Å². The predicted molar refractivity (Wildman–Crippen MR) is 152 cm³/mol.